The highest BCUT2D eigenvalue weighted by Crippen LogP contribution is 2.12. The Morgan fingerprint density at radius 1 is 1.23 bits per heavy atom. The van der Waals surface area contributed by atoms with Gasteiger partial charge in [0.1, 0.15) is 0 Å². The first-order valence-electron chi connectivity index (χ1n) is 9.65. The van der Waals surface area contributed by atoms with Crippen LogP contribution in [-0.4, -0.2) is 90.3 Å². The van der Waals surface area contributed by atoms with Gasteiger partial charge in [0.05, 0.1) is 19.8 Å². The van der Waals surface area contributed by atoms with Gasteiger partial charge in [-0.05, 0) is 25.7 Å². The third-order valence-electron chi connectivity index (χ3n) is 4.90. The molecule has 0 aliphatic carbocycles. The largest absolute Gasteiger partial charge is 0.383 e. The fraction of sp³-hybridized carbons (Fsp3) is 0.944. The summed E-state index contributed by atoms with van der Waals surface area (Å²) in [4.78, 5) is 6.80. The lowest BCUT2D eigenvalue weighted by molar-refractivity contribution is 0.0887. The third-order valence-corrected chi connectivity index (χ3v) is 4.90. The van der Waals surface area contributed by atoms with Gasteiger partial charge in [0.2, 0.25) is 0 Å². The van der Waals surface area contributed by atoms with Crippen LogP contribution in [0.2, 0.25) is 0 Å². The fourth-order valence-electron chi connectivity index (χ4n) is 3.26. The van der Waals surface area contributed by atoms with Crippen LogP contribution in [-0.2, 0) is 14.2 Å². The Bertz CT molecular complexity index is 373. The van der Waals surface area contributed by atoms with E-state index in [0.717, 1.165) is 90.9 Å². The van der Waals surface area contributed by atoms with Crippen LogP contribution in [0.25, 0.3) is 0 Å². The zero-order valence-corrected chi connectivity index (χ0v) is 18.7. The number of aliphatic imine (C=N–C) groups is 1. The van der Waals surface area contributed by atoms with Crippen LogP contribution in [0.15, 0.2) is 4.99 Å². The lowest BCUT2D eigenvalue weighted by Gasteiger charge is -2.32. The summed E-state index contributed by atoms with van der Waals surface area (Å²) in [6.45, 7) is 8.34. The molecule has 8 heteroatoms. The molecule has 26 heavy (non-hydrogen) atoms. The van der Waals surface area contributed by atoms with Crippen LogP contribution < -0.4 is 10.6 Å². The Morgan fingerprint density at radius 3 is 2.69 bits per heavy atom. The maximum atomic E-state index is 5.73. The molecular weight excluding hydrogens is 447 g/mol. The average Bonchev–Trinajstić information content (AvgIpc) is 3.16. The van der Waals surface area contributed by atoms with E-state index in [9.17, 15) is 0 Å². The van der Waals surface area contributed by atoms with Gasteiger partial charge in [-0.3, -0.25) is 4.99 Å². The van der Waals surface area contributed by atoms with Crippen molar-refractivity contribution in [2.45, 2.75) is 31.7 Å². The molecule has 2 saturated heterocycles. The zero-order chi connectivity index (χ0) is 17.7. The van der Waals surface area contributed by atoms with Crippen molar-refractivity contribution in [1.82, 2.24) is 15.5 Å². The summed E-state index contributed by atoms with van der Waals surface area (Å²) in [6, 6.07) is 0.503. The zero-order valence-electron chi connectivity index (χ0n) is 16.4. The van der Waals surface area contributed by atoms with Crippen molar-refractivity contribution in [2.75, 3.05) is 73.4 Å². The predicted molar refractivity (Wildman–Crippen MR) is 116 cm³/mol. The van der Waals surface area contributed by atoms with Gasteiger partial charge >= 0.3 is 0 Å². The minimum atomic E-state index is 0. The molecule has 154 valence electrons. The normalized spacial score (nSPS) is 22.2. The van der Waals surface area contributed by atoms with E-state index in [2.05, 4.69) is 20.5 Å². The van der Waals surface area contributed by atoms with Crippen LogP contribution in [0.3, 0.4) is 0 Å². The number of rotatable bonds is 10. The highest BCUT2D eigenvalue weighted by molar-refractivity contribution is 14.0. The van der Waals surface area contributed by atoms with Crippen molar-refractivity contribution in [3.05, 3.63) is 0 Å². The molecule has 0 amide bonds. The SMILES string of the molecule is CN=C(NCCCOCC1CCOC1)NC1CCN(CCOC)CC1.I. The van der Waals surface area contributed by atoms with E-state index in [-0.39, 0.29) is 24.0 Å². The van der Waals surface area contributed by atoms with E-state index < -0.39 is 0 Å². The number of piperidine rings is 1. The Hall–Kier alpha value is -0.160. The molecule has 0 spiro atoms. The standard InChI is InChI=1S/C18H36N4O3.HI/c1-19-18(20-7-3-11-24-14-16-6-12-25-15-16)21-17-4-8-22(9-5-17)10-13-23-2;/h16-17H,3-15H2,1-2H3,(H2,19,20,21);1H. The Kier molecular flexibility index (Phi) is 13.6. The molecule has 0 aromatic rings. The van der Waals surface area contributed by atoms with Crippen LogP contribution >= 0.6 is 24.0 Å². The summed E-state index contributed by atoms with van der Waals surface area (Å²) in [5.41, 5.74) is 0. The van der Waals surface area contributed by atoms with Crippen LogP contribution in [0, 0.1) is 5.92 Å². The van der Waals surface area contributed by atoms with E-state index >= 15 is 0 Å². The highest BCUT2D eigenvalue weighted by atomic mass is 127. The Labute approximate surface area is 175 Å². The van der Waals surface area contributed by atoms with Crippen LogP contribution in [0.5, 0.6) is 0 Å². The van der Waals surface area contributed by atoms with Crippen molar-refractivity contribution in [2.24, 2.45) is 10.9 Å². The van der Waals surface area contributed by atoms with Gasteiger partial charge in [-0.1, -0.05) is 0 Å². The fourth-order valence-corrected chi connectivity index (χ4v) is 3.26. The van der Waals surface area contributed by atoms with Crippen molar-refractivity contribution >= 4 is 29.9 Å². The van der Waals surface area contributed by atoms with Crippen molar-refractivity contribution < 1.29 is 14.2 Å². The second kappa shape index (κ2) is 14.8. The Balaban J connectivity index is 0.00000338. The van der Waals surface area contributed by atoms with E-state index in [4.69, 9.17) is 14.2 Å². The number of guanidine groups is 1. The quantitative estimate of drug-likeness (QED) is 0.211. The summed E-state index contributed by atoms with van der Waals surface area (Å²) >= 11 is 0. The van der Waals surface area contributed by atoms with Gasteiger partial charge in [0.15, 0.2) is 5.96 Å². The first-order chi connectivity index (χ1) is 12.3. The molecule has 0 aromatic carbocycles. The van der Waals surface area contributed by atoms with Gasteiger partial charge in [0.25, 0.3) is 0 Å². The number of nitrogens with zero attached hydrogens (tertiary/aromatic N) is 2. The summed E-state index contributed by atoms with van der Waals surface area (Å²) in [6.07, 6.45) is 4.43. The molecule has 0 aromatic heterocycles. The lowest BCUT2D eigenvalue weighted by atomic mass is 10.1. The van der Waals surface area contributed by atoms with E-state index in [1.165, 1.54) is 0 Å². The van der Waals surface area contributed by atoms with E-state index in [1.807, 2.05) is 7.05 Å². The molecule has 7 nitrogen and oxygen atoms in total. The molecule has 2 rings (SSSR count). The van der Waals surface area contributed by atoms with Gasteiger partial charge in [-0.25, -0.2) is 0 Å². The lowest BCUT2D eigenvalue weighted by Crippen LogP contribution is -2.49. The van der Waals surface area contributed by atoms with Crippen molar-refractivity contribution in [3.63, 3.8) is 0 Å². The van der Waals surface area contributed by atoms with Gasteiger partial charge in [-0.2, -0.15) is 0 Å². The third kappa shape index (κ3) is 9.68. The smallest absolute Gasteiger partial charge is 0.191 e. The highest BCUT2D eigenvalue weighted by Gasteiger charge is 2.19. The van der Waals surface area contributed by atoms with Gasteiger partial charge in [0, 0.05) is 65.5 Å². The maximum absolute atomic E-state index is 5.73. The minimum Gasteiger partial charge on any atom is -0.383 e. The summed E-state index contributed by atoms with van der Waals surface area (Å²) in [5.74, 6) is 1.50. The maximum Gasteiger partial charge on any atom is 0.191 e. The molecule has 0 bridgehead atoms. The summed E-state index contributed by atoms with van der Waals surface area (Å²) in [5, 5.41) is 6.93. The molecule has 2 N–H and O–H groups in total. The molecule has 0 radical (unpaired) electrons. The first kappa shape index (κ1) is 23.9. The first-order valence-corrected chi connectivity index (χ1v) is 9.65. The molecule has 0 saturated carbocycles. The van der Waals surface area contributed by atoms with Crippen molar-refractivity contribution in [1.29, 1.82) is 0 Å². The second-order valence-electron chi connectivity index (χ2n) is 6.91. The van der Waals surface area contributed by atoms with E-state index in [0.29, 0.717) is 12.0 Å². The molecule has 2 aliphatic rings. The topological polar surface area (TPSA) is 67.4 Å². The summed E-state index contributed by atoms with van der Waals surface area (Å²) < 4.78 is 16.2. The number of likely N-dealkylation sites (tertiary alicyclic amines) is 1. The van der Waals surface area contributed by atoms with Crippen LogP contribution in [0.1, 0.15) is 25.7 Å². The molecule has 2 aliphatic heterocycles. The molecule has 2 heterocycles. The second-order valence-corrected chi connectivity index (χ2v) is 6.91. The number of nitrogens with one attached hydrogen (secondary N) is 2. The summed E-state index contributed by atoms with van der Waals surface area (Å²) in [7, 11) is 3.60. The molecule has 2 fully saturated rings. The predicted octanol–water partition coefficient (Wildman–Crippen LogP) is 1.32. The van der Waals surface area contributed by atoms with Crippen molar-refractivity contribution in [3.8, 4) is 0 Å². The number of ether oxygens (including phenoxy) is 3. The number of halogens is 1. The molecule has 1 unspecified atom stereocenters. The van der Waals surface area contributed by atoms with Gasteiger partial charge < -0.3 is 29.7 Å². The number of hydrogen-bond acceptors (Lipinski definition) is 5. The minimum absolute atomic E-state index is 0. The molecular formula is C18H37IN4O3. The van der Waals surface area contributed by atoms with Gasteiger partial charge in [-0.15, -0.1) is 24.0 Å². The number of methoxy groups -OCH3 is 1. The van der Waals surface area contributed by atoms with Crippen LogP contribution in [0.4, 0.5) is 0 Å². The molecule has 1 atom stereocenters. The average molecular weight is 484 g/mol. The number of hydrogen-bond donors (Lipinski definition) is 2. The van der Waals surface area contributed by atoms with E-state index in [1.54, 1.807) is 7.11 Å². The monoisotopic (exact) mass is 484 g/mol. The Morgan fingerprint density at radius 2 is 2.04 bits per heavy atom.